The highest BCUT2D eigenvalue weighted by Crippen LogP contribution is 2.60. The summed E-state index contributed by atoms with van der Waals surface area (Å²) in [5.74, 6) is -0.186. The van der Waals surface area contributed by atoms with Gasteiger partial charge in [-0.2, -0.15) is 5.26 Å². The van der Waals surface area contributed by atoms with Crippen LogP contribution in [0.2, 0.25) is 0 Å². The Labute approximate surface area is 150 Å². The van der Waals surface area contributed by atoms with Crippen molar-refractivity contribution in [1.82, 2.24) is 0 Å². The summed E-state index contributed by atoms with van der Waals surface area (Å²) in [6.07, 6.45) is 5.95. The zero-order chi connectivity index (χ0) is 16.8. The molecule has 122 valence electrons. The third-order valence-electron chi connectivity index (χ3n) is 5.02. The van der Waals surface area contributed by atoms with Crippen LogP contribution in [0.4, 0.5) is 5.00 Å². The summed E-state index contributed by atoms with van der Waals surface area (Å²) in [5, 5.41) is 13.1. The smallest absolute Gasteiger partial charge is 0.229 e. The molecule has 2 atom stereocenters. The summed E-state index contributed by atoms with van der Waals surface area (Å²) in [4.78, 5) is 13.9. The van der Waals surface area contributed by atoms with Crippen molar-refractivity contribution < 1.29 is 4.79 Å². The second-order valence-electron chi connectivity index (χ2n) is 6.80. The van der Waals surface area contributed by atoms with Gasteiger partial charge in [0.1, 0.15) is 15.6 Å². The Bertz CT molecular complexity index is 726. The number of allylic oxidation sites excluding steroid dienone is 1. The van der Waals surface area contributed by atoms with Gasteiger partial charge in [-0.1, -0.05) is 37.0 Å². The van der Waals surface area contributed by atoms with Crippen molar-refractivity contribution in [2.45, 2.75) is 39.5 Å². The molecule has 0 saturated heterocycles. The van der Waals surface area contributed by atoms with Crippen molar-refractivity contribution in [2.24, 2.45) is 17.3 Å². The first-order valence-electron chi connectivity index (χ1n) is 7.74. The van der Waals surface area contributed by atoms with E-state index in [1.807, 2.05) is 13.8 Å². The third-order valence-corrected chi connectivity index (χ3v) is 6.48. The number of hydrogen-bond acceptors (Lipinski definition) is 3. The molecule has 6 heteroatoms. The lowest BCUT2D eigenvalue weighted by Crippen LogP contribution is -2.16. The molecule has 2 aliphatic rings. The molecule has 2 aliphatic carbocycles. The van der Waals surface area contributed by atoms with E-state index < -0.39 is 0 Å². The van der Waals surface area contributed by atoms with Crippen molar-refractivity contribution in [1.29, 1.82) is 5.26 Å². The molecule has 1 N–H and O–H groups in total. The number of hydrogen-bond donors (Lipinski definition) is 1. The van der Waals surface area contributed by atoms with Crippen LogP contribution in [-0.2, 0) is 17.6 Å². The summed E-state index contributed by atoms with van der Waals surface area (Å²) in [7, 11) is 0. The number of amides is 1. The molecule has 0 aromatic carbocycles. The fourth-order valence-corrected chi connectivity index (χ4v) is 5.10. The number of thiophene rings is 1. The molecular formula is C17H18Cl2N2OS. The molecule has 3 rings (SSSR count). The predicted molar refractivity (Wildman–Crippen MR) is 94.9 cm³/mol. The van der Waals surface area contributed by atoms with Crippen molar-refractivity contribution >= 4 is 45.4 Å². The second kappa shape index (κ2) is 6.12. The lowest BCUT2D eigenvalue weighted by atomic mass is 9.96. The average Bonchev–Trinajstić information content (AvgIpc) is 2.86. The van der Waals surface area contributed by atoms with Gasteiger partial charge in [0.15, 0.2) is 0 Å². The highest BCUT2D eigenvalue weighted by Gasteiger charge is 2.60. The van der Waals surface area contributed by atoms with Crippen LogP contribution in [0.5, 0.6) is 0 Å². The van der Waals surface area contributed by atoms with E-state index >= 15 is 0 Å². The van der Waals surface area contributed by atoms with Gasteiger partial charge in [0.25, 0.3) is 0 Å². The number of fused-ring (bicyclic) bond motifs is 1. The SMILES string of the molecule is CC1(C)[C@@H](C=C(Cl)Cl)[C@@H]1C(=O)Nc1sc2c(c1C#N)CCCC2. The Morgan fingerprint density at radius 1 is 1.39 bits per heavy atom. The van der Waals surface area contributed by atoms with E-state index in [0.29, 0.717) is 10.6 Å². The van der Waals surface area contributed by atoms with E-state index in [2.05, 4.69) is 11.4 Å². The zero-order valence-corrected chi connectivity index (χ0v) is 15.4. The largest absolute Gasteiger partial charge is 0.316 e. The fraction of sp³-hybridized carbons (Fsp3) is 0.529. The molecule has 23 heavy (non-hydrogen) atoms. The average molecular weight is 369 g/mol. The lowest BCUT2D eigenvalue weighted by molar-refractivity contribution is -0.118. The van der Waals surface area contributed by atoms with Gasteiger partial charge in [-0.3, -0.25) is 4.79 Å². The van der Waals surface area contributed by atoms with Crippen molar-refractivity contribution in [2.75, 3.05) is 5.32 Å². The maximum atomic E-state index is 12.6. The van der Waals surface area contributed by atoms with E-state index in [0.717, 1.165) is 31.2 Å². The molecule has 1 amide bonds. The Morgan fingerprint density at radius 3 is 2.74 bits per heavy atom. The van der Waals surface area contributed by atoms with Gasteiger partial charge in [0.2, 0.25) is 5.91 Å². The van der Waals surface area contributed by atoms with E-state index in [1.54, 1.807) is 17.4 Å². The van der Waals surface area contributed by atoms with Gasteiger partial charge in [0.05, 0.1) is 11.5 Å². The second-order valence-corrected chi connectivity index (χ2v) is 8.91. The summed E-state index contributed by atoms with van der Waals surface area (Å²) < 4.78 is 0.197. The first kappa shape index (κ1) is 16.8. The summed E-state index contributed by atoms with van der Waals surface area (Å²) >= 11 is 13.0. The highest BCUT2D eigenvalue weighted by atomic mass is 35.5. The molecule has 0 spiro atoms. The molecule has 1 aromatic rings. The minimum Gasteiger partial charge on any atom is -0.316 e. The van der Waals surface area contributed by atoms with Crippen LogP contribution >= 0.6 is 34.5 Å². The molecule has 0 radical (unpaired) electrons. The van der Waals surface area contributed by atoms with Gasteiger partial charge in [-0.05, 0) is 48.7 Å². The monoisotopic (exact) mass is 368 g/mol. The van der Waals surface area contributed by atoms with Crippen LogP contribution < -0.4 is 5.32 Å². The molecule has 1 heterocycles. The Hall–Kier alpha value is -1.02. The number of rotatable bonds is 3. The van der Waals surface area contributed by atoms with E-state index in [9.17, 15) is 10.1 Å². The maximum Gasteiger partial charge on any atom is 0.229 e. The van der Waals surface area contributed by atoms with E-state index in [-0.39, 0.29) is 27.6 Å². The summed E-state index contributed by atoms with van der Waals surface area (Å²) in [5.41, 5.74) is 1.62. The Kier molecular flexibility index (Phi) is 4.48. The first-order valence-corrected chi connectivity index (χ1v) is 9.31. The number of anilines is 1. The fourth-order valence-electron chi connectivity index (χ4n) is 3.59. The third kappa shape index (κ3) is 3.03. The van der Waals surface area contributed by atoms with Crippen LogP contribution in [0.3, 0.4) is 0 Å². The predicted octanol–water partition coefficient (Wildman–Crippen LogP) is 5.03. The number of nitrogens with one attached hydrogen (secondary N) is 1. The van der Waals surface area contributed by atoms with Crippen LogP contribution in [0.1, 0.15) is 42.7 Å². The number of halogens is 2. The van der Waals surface area contributed by atoms with Gasteiger partial charge < -0.3 is 5.32 Å². The standard InChI is InChI=1S/C17H18Cl2N2OS/c1-17(2)11(7-13(18)19)14(17)15(22)21-16-10(8-20)9-5-3-4-6-12(9)23-16/h7,11,14H,3-6H2,1-2H3,(H,21,22)/t11-,14+/m0/s1. The normalized spacial score (nSPS) is 24.3. The molecule has 0 bridgehead atoms. The minimum atomic E-state index is -0.166. The van der Waals surface area contributed by atoms with Crippen molar-refractivity contribution in [3.8, 4) is 6.07 Å². The highest BCUT2D eigenvalue weighted by molar-refractivity contribution is 7.16. The number of nitriles is 1. The molecule has 0 unspecified atom stereocenters. The first-order chi connectivity index (χ1) is 10.9. The van der Waals surface area contributed by atoms with Gasteiger partial charge in [-0.25, -0.2) is 0 Å². The molecule has 1 saturated carbocycles. The van der Waals surface area contributed by atoms with Gasteiger partial charge in [0, 0.05) is 4.88 Å². The topological polar surface area (TPSA) is 52.9 Å². The zero-order valence-electron chi connectivity index (χ0n) is 13.1. The maximum absolute atomic E-state index is 12.6. The van der Waals surface area contributed by atoms with Crippen LogP contribution in [0, 0.1) is 28.6 Å². The molecular weight excluding hydrogens is 351 g/mol. The van der Waals surface area contributed by atoms with Gasteiger partial charge >= 0.3 is 0 Å². The quantitative estimate of drug-likeness (QED) is 0.813. The molecule has 1 fully saturated rings. The molecule has 0 aliphatic heterocycles. The van der Waals surface area contributed by atoms with Crippen LogP contribution in [0.15, 0.2) is 10.6 Å². The Balaban J connectivity index is 1.81. The van der Waals surface area contributed by atoms with Gasteiger partial charge in [-0.15, -0.1) is 11.3 Å². The molecule has 1 aromatic heterocycles. The van der Waals surface area contributed by atoms with E-state index in [1.165, 1.54) is 4.88 Å². The number of carbonyl (C=O) groups is 1. The number of nitrogens with zero attached hydrogens (tertiary/aromatic N) is 1. The van der Waals surface area contributed by atoms with E-state index in [4.69, 9.17) is 23.2 Å². The van der Waals surface area contributed by atoms with Crippen molar-refractivity contribution in [3.05, 3.63) is 26.6 Å². The lowest BCUT2D eigenvalue weighted by Gasteiger charge is -2.09. The summed E-state index contributed by atoms with van der Waals surface area (Å²) in [6, 6.07) is 2.27. The van der Waals surface area contributed by atoms with Crippen LogP contribution in [0.25, 0.3) is 0 Å². The number of aryl methyl sites for hydroxylation is 1. The van der Waals surface area contributed by atoms with Crippen molar-refractivity contribution in [3.63, 3.8) is 0 Å². The number of carbonyl (C=O) groups excluding carboxylic acids is 1. The Morgan fingerprint density at radius 2 is 2.09 bits per heavy atom. The minimum absolute atomic E-state index is 0.0348. The molecule has 3 nitrogen and oxygen atoms in total. The summed E-state index contributed by atoms with van der Waals surface area (Å²) in [6.45, 7) is 4.06. The van der Waals surface area contributed by atoms with Crippen LogP contribution in [-0.4, -0.2) is 5.91 Å².